The maximum Gasteiger partial charge on any atom is 0.276 e. The van der Waals surface area contributed by atoms with Crippen LogP contribution in [0.5, 0.6) is 0 Å². The normalized spacial score (nSPS) is 12.3. The molecule has 0 spiro atoms. The first-order valence-corrected chi connectivity index (χ1v) is 5.52. The van der Waals surface area contributed by atoms with Crippen molar-refractivity contribution < 1.29 is 18.6 Å². The van der Waals surface area contributed by atoms with Crippen LogP contribution in [0.3, 0.4) is 0 Å². The van der Waals surface area contributed by atoms with E-state index in [0.29, 0.717) is 12.8 Å². The van der Waals surface area contributed by atoms with Gasteiger partial charge in [-0.3, -0.25) is 0 Å². The molecule has 0 heterocycles. The van der Waals surface area contributed by atoms with Gasteiger partial charge in [0.1, 0.15) is 0 Å². The summed E-state index contributed by atoms with van der Waals surface area (Å²) >= 11 is 0. The second-order valence-corrected chi connectivity index (χ2v) is 4.14. The topological polar surface area (TPSA) is 104 Å². The highest BCUT2D eigenvalue weighted by Crippen LogP contribution is 1.98. The third kappa shape index (κ3) is 5.94. The molecule has 0 aliphatic rings. The molecule has 0 amide bonds. The van der Waals surface area contributed by atoms with Crippen molar-refractivity contribution in [3.63, 3.8) is 0 Å². The van der Waals surface area contributed by atoms with Crippen LogP contribution < -0.4 is 5.14 Å². The van der Waals surface area contributed by atoms with E-state index in [4.69, 9.17) is 15.4 Å². The van der Waals surface area contributed by atoms with Gasteiger partial charge in [-0.1, -0.05) is 0 Å². The van der Waals surface area contributed by atoms with Crippen LogP contribution in [-0.4, -0.2) is 49.2 Å². The fraction of sp³-hybridized carbons (Fsp3) is 1.00. The summed E-state index contributed by atoms with van der Waals surface area (Å²) in [5.74, 6) is 0. The van der Waals surface area contributed by atoms with E-state index >= 15 is 0 Å². The lowest BCUT2D eigenvalue weighted by atomic mass is 10.4. The van der Waals surface area contributed by atoms with Crippen molar-refractivity contribution in [3.05, 3.63) is 0 Å². The van der Waals surface area contributed by atoms with Gasteiger partial charge in [-0.05, 0) is 12.8 Å². The summed E-state index contributed by atoms with van der Waals surface area (Å²) in [5.41, 5.74) is 0. The van der Waals surface area contributed by atoms with Gasteiger partial charge in [-0.15, -0.1) is 0 Å². The highest BCUT2D eigenvalue weighted by atomic mass is 32.2. The molecule has 0 aliphatic heterocycles. The lowest BCUT2D eigenvalue weighted by Gasteiger charge is -2.17. The van der Waals surface area contributed by atoms with Crippen LogP contribution in [0.1, 0.15) is 12.8 Å². The molecular formula is C6H16N2O4S. The fourth-order valence-electron chi connectivity index (χ4n) is 0.860. The number of hydrogen-bond acceptors (Lipinski definition) is 4. The monoisotopic (exact) mass is 212 g/mol. The van der Waals surface area contributed by atoms with E-state index in [1.807, 2.05) is 0 Å². The second-order valence-electron chi connectivity index (χ2n) is 2.60. The number of aliphatic hydroxyl groups is 2. The van der Waals surface area contributed by atoms with Crippen LogP contribution in [0.15, 0.2) is 0 Å². The summed E-state index contributed by atoms with van der Waals surface area (Å²) in [6.07, 6.45) is 0.698. The Balaban J connectivity index is 4.04. The molecule has 0 aliphatic carbocycles. The molecule has 4 N–H and O–H groups in total. The molecule has 0 rings (SSSR count). The summed E-state index contributed by atoms with van der Waals surface area (Å²) < 4.78 is 22.8. The van der Waals surface area contributed by atoms with Gasteiger partial charge in [0.2, 0.25) is 0 Å². The molecule has 13 heavy (non-hydrogen) atoms. The molecule has 0 atom stereocenters. The van der Waals surface area contributed by atoms with Crippen LogP contribution in [0, 0.1) is 0 Å². The molecule has 0 saturated carbocycles. The van der Waals surface area contributed by atoms with Gasteiger partial charge in [-0.25, -0.2) is 5.14 Å². The van der Waals surface area contributed by atoms with Crippen molar-refractivity contribution in [3.8, 4) is 0 Å². The number of nitrogens with two attached hydrogens (primary N) is 1. The van der Waals surface area contributed by atoms with Crippen LogP contribution in [0.25, 0.3) is 0 Å². The average molecular weight is 212 g/mol. The number of rotatable bonds is 7. The molecule has 0 aromatic rings. The largest absolute Gasteiger partial charge is 0.396 e. The van der Waals surface area contributed by atoms with Gasteiger partial charge < -0.3 is 10.2 Å². The molecule has 0 aromatic heterocycles. The molecule has 0 fully saturated rings. The first-order chi connectivity index (χ1) is 6.02. The first kappa shape index (κ1) is 12.8. The van der Waals surface area contributed by atoms with Crippen molar-refractivity contribution in [1.82, 2.24) is 4.31 Å². The van der Waals surface area contributed by atoms with E-state index in [2.05, 4.69) is 0 Å². The Hall–Kier alpha value is -0.210. The van der Waals surface area contributed by atoms with Gasteiger partial charge >= 0.3 is 0 Å². The van der Waals surface area contributed by atoms with Gasteiger partial charge in [0.05, 0.1) is 0 Å². The van der Waals surface area contributed by atoms with Crippen molar-refractivity contribution >= 4 is 10.2 Å². The van der Waals surface area contributed by atoms with Gasteiger partial charge in [0.15, 0.2) is 0 Å². The quantitative estimate of drug-likeness (QED) is 0.466. The third-order valence-electron chi connectivity index (χ3n) is 1.49. The van der Waals surface area contributed by atoms with Crippen LogP contribution in [0.4, 0.5) is 0 Å². The van der Waals surface area contributed by atoms with Crippen molar-refractivity contribution in [2.45, 2.75) is 12.8 Å². The molecular weight excluding hydrogens is 196 g/mol. The van der Waals surface area contributed by atoms with E-state index in [0.717, 1.165) is 4.31 Å². The minimum absolute atomic E-state index is 0.0782. The smallest absolute Gasteiger partial charge is 0.276 e. The van der Waals surface area contributed by atoms with Crippen molar-refractivity contribution in [2.75, 3.05) is 26.3 Å². The summed E-state index contributed by atoms with van der Waals surface area (Å²) in [4.78, 5) is 0. The average Bonchev–Trinajstić information content (AvgIpc) is 2.02. The van der Waals surface area contributed by atoms with Crippen molar-refractivity contribution in [1.29, 1.82) is 0 Å². The summed E-state index contributed by atoms with van der Waals surface area (Å²) in [6.45, 7) is 0.223. The Morgan fingerprint density at radius 1 is 1.08 bits per heavy atom. The molecule has 6 nitrogen and oxygen atoms in total. The second kappa shape index (κ2) is 6.28. The molecule has 80 valence electrons. The summed E-state index contributed by atoms with van der Waals surface area (Å²) in [5, 5.41) is 21.9. The van der Waals surface area contributed by atoms with Crippen LogP contribution in [0.2, 0.25) is 0 Å². The van der Waals surface area contributed by atoms with Gasteiger partial charge in [0, 0.05) is 26.3 Å². The summed E-state index contributed by atoms with van der Waals surface area (Å²) in [7, 11) is -3.70. The molecule has 0 saturated heterocycles. The van der Waals surface area contributed by atoms with Gasteiger partial charge in [0.25, 0.3) is 10.2 Å². The standard InChI is InChI=1S/C6H16N2O4S/c7-13(11,12)8(3-1-5-9)4-2-6-10/h9-10H,1-6H2,(H2,7,11,12). The number of aliphatic hydroxyl groups excluding tert-OH is 2. The zero-order valence-corrected chi connectivity index (χ0v) is 8.20. The minimum atomic E-state index is -3.70. The highest BCUT2D eigenvalue weighted by molar-refractivity contribution is 7.86. The predicted octanol–water partition coefficient (Wildman–Crippen LogP) is -1.74. The number of hydrogen-bond donors (Lipinski definition) is 3. The Bertz CT molecular complexity index is 209. The molecule has 7 heteroatoms. The Morgan fingerprint density at radius 2 is 1.46 bits per heavy atom. The van der Waals surface area contributed by atoms with Crippen molar-refractivity contribution in [2.24, 2.45) is 5.14 Å². The SMILES string of the molecule is NS(=O)(=O)N(CCCO)CCCO. The first-order valence-electron chi connectivity index (χ1n) is 4.02. The third-order valence-corrected chi connectivity index (χ3v) is 2.58. The maximum atomic E-state index is 10.9. The van der Waals surface area contributed by atoms with E-state index in [9.17, 15) is 8.42 Å². The minimum Gasteiger partial charge on any atom is -0.396 e. The molecule has 0 radical (unpaired) electrons. The molecule has 0 unspecified atom stereocenters. The molecule has 0 bridgehead atoms. The maximum absolute atomic E-state index is 10.9. The summed E-state index contributed by atoms with van der Waals surface area (Å²) in [6, 6.07) is 0. The van der Waals surface area contributed by atoms with E-state index in [1.165, 1.54) is 0 Å². The Labute approximate surface area is 78.1 Å². The number of nitrogens with zero attached hydrogens (tertiary/aromatic N) is 1. The van der Waals surface area contributed by atoms with E-state index in [-0.39, 0.29) is 26.3 Å². The lowest BCUT2D eigenvalue weighted by Crippen LogP contribution is -2.38. The fourth-order valence-corrected chi connectivity index (χ4v) is 1.63. The highest BCUT2D eigenvalue weighted by Gasteiger charge is 2.15. The predicted molar refractivity (Wildman–Crippen MR) is 48.1 cm³/mol. The van der Waals surface area contributed by atoms with Crippen LogP contribution >= 0.6 is 0 Å². The molecule has 0 aromatic carbocycles. The zero-order valence-electron chi connectivity index (χ0n) is 7.39. The Kier molecular flexibility index (Phi) is 6.17. The zero-order chi connectivity index (χ0) is 10.3. The van der Waals surface area contributed by atoms with Gasteiger partial charge in [-0.2, -0.15) is 12.7 Å². The Morgan fingerprint density at radius 3 is 1.69 bits per heavy atom. The van der Waals surface area contributed by atoms with Crippen LogP contribution in [-0.2, 0) is 10.2 Å². The van der Waals surface area contributed by atoms with E-state index < -0.39 is 10.2 Å². The van der Waals surface area contributed by atoms with E-state index in [1.54, 1.807) is 0 Å². The lowest BCUT2D eigenvalue weighted by molar-refractivity contribution is 0.250.